The molecule has 2 amide bonds. The molecule has 0 saturated carbocycles. The number of furan rings is 1. The van der Waals surface area contributed by atoms with Crippen LogP contribution >= 0.6 is 0 Å². The third-order valence-electron chi connectivity index (χ3n) is 5.06. The first-order valence-corrected chi connectivity index (χ1v) is 9.50. The molecule has 0 atom stereocenters. The van der Waals surface area contributed by atoms with Crippen LogP contribution in [0.25, 0.3) is 0 Å². The lowest BCUT2D eigenvalue weighted by Crippen LogP contribution is -2.49. The zero-order chi connectivity index (χ0) is 20.2. The van der Waals surface area contributed by atoms with E-state index in [1.807, 2.05) is 36.4 Å². The topological polar surface area (TPSA) is 69.9 Å². The number of carbonyl (C=O) groups is 2. The number of anilines is 2. The molecular formula is C22H22N4O3. The first-order valence-electron chi connectivity index (χ1n) is 9.50. The van der Waals surface area contributed by atoms with E-state index in [9.17, 15) is 9.59 Å². The maximum absolute atomic E-state index is 12.9. The average Bonchev–Trinajstić information content (AvgIpc) is 3.33. The third-order valence-corrected chi connectivity index (χ3v) is 5.06. The molecule has 3 aromatic rings. The van der Waals surface area contributed by atoms with Crippen LogP contribution < -0.4 is 9.80 Å². The number of aromatic nitrogens is 1. The Morgan fingerprint density at radius 3 is 2.45 bits per heavy atom. The molecule has 1 aliphatic heterocycles. The summed E-state index contributed by atoms with van der Waals surface area (Å²) in [4.78, 5) is 35.2. The van der Waals surface area contributed by atoms with Crippen LogP contribution in [0.2, 0.25) is 0 Å². The summed E-state index contributed by atoms with van der Waals surface area (Å²) in [5.74, 6) is 0.901. The highest BCUT2D eigenvalue weighted by atomic mass is 16.3. The molecule has 0 unspecified atom stereocenters. The SMILES string of the molecule is CN(C(=O)c1ccnc(N2CCN(C(=O)c3ccco3)CC2)c1)c1ccccc1. The van der Waals surface area contributed by atoms with E-state index in [-0.39, 0.29) is 11.8 Å². The highest BCUT2D eigenvalue weighted by molar-refractivity contribution is 6.06. The summed E-state index contributed by atoms with van der Waals surface area (Å²) in [6, 6.07) is 16.4. The van der Waals surface area contributed by atoms with Crippen LogP contribution in [0, 0.1) is 0 Å². The molecule has 0 spiro atoms. The molecule has 0 aliphatic carbocycles. The van der Waals surface area contributed by atoms with Gasteiger partial charge in [-0.1, -0.05) is 18.2 Å². The number of rotatable bonds is 4. The van der Waals surface area contributed by atoms with Gasteiger partial charge in [0.25, 0.3) is 11.8 Å². The highest BCUT2D eigenvalue weighted by Crippen LogP contribution is 2.19. The van der Waals surface area contributed by atoms with E-state index in [1.54, 1.807) is 41.2 Å². The van der Waals surface area contributed by atoms with Crippen molar-refractivity contribution in [1.29, 1.82) is 0 Å². The van der Waals surface area contributed by atoms with E-state index in [0.29, 0.717) is 37.5 Å². The Kier molecular flexibility index (Phi) is 5.29. The molecule has 7 heteroatoms. The highest BCUT2D eigenvalue weighted by Gasteiger charge is 2.25. The molecule has 0 radical (unpaired) electrons. The Bertz CT molecular complexity index is 980. The van der Waals surface area contributed by atoms with Crippen LogP contribution in [-0.4, -0.2) is 54.9 Å². The number of benzene rings is 1. The number of hydrogen-bond acceptors (Lipinski definition) is 5. The van der Waals surface area contributed by atoms with Crippen LogP contribution in [0.1, 0.15) is 20.9 Å². The zero-order valence-corrected chi connectivity index (χ0v) is 16.2. The summed E-state index contributed by atoms with van der Waals surface area (Å²) in [5, 5.41) is 0. The lowest BCUT2D eigenvalue weighted by Gasteiger charge is -2.35. The number of hydrogen-bond donors (Lipinski definition) is 0. The molecule has 1 aromatic carbocycles. The molecule has 1 fully saturated rings. The summed E-state index contributed by atoms with van der Waals surface area (Å²) in [7, 11) is 1.76. The predicted octanol–water partition coefficient (Wildman–Crippen LogP) is 2.91. The van der Waals surface area contributed by atoms with Crippen LogP contribution in [0.4, 0.5) is 11.5 Å². The van der Waals surface area contributed by atoms with Gasteiger partial charge >= 0.3 is 0 Å². The van der Waals surface area contributed by atoms with Crippen LogP contribution in [0.15, 0.2) is 71.5 Å². The zero-order valence-electron chi connectivity index (χ0n) is 16.2. The summed E-state index contributed by atoms with van der Waals surface area (Å²) >= 11 is 0. The quantitative estimate of drug-likeness (QED) is 0.685. The molecule has 3 heterocycles. The number of para-hydroxylation sites is 1. The Balaban J connectivity index is 1.43. The smallest absolute Gasteiger partial charge is 0.289 e. The van der Waals surface area contributed by atoms with Crippen molar-refractivity contribution >= 4 is 23.3 Å². The lowest BCUT2D eigenvalue weighted by atomic mass is 10.2. The van der Waals surface area contributed by atoms with E-state index < -0.39 is 0 Å². The van der Waals surface area contributed by atoms with E-state index in [0.717, 1.165) is 11.5 Å². The lowest BCUT2D eigenvalue weighted by molar-refractivity contribution is 0.0714. The van der Waals surface area contributed by atoms with Gasteiger partial charge < -0.3 is 19.1 Å². The normalized spacial score (nSPS) is 14.0. The fourth-order valence-electron chi connectivity index (χ4n) is 3.38. The van der Waals surface area contributed by atoms with Gasteiger partial charge in [-0.05, 0) is 36.4 Å². The minimum atomic E-state index is -0.101. The van der Waals surface area contributed by atoms with Crippen molar-refractivity contribution in [2.45, 2.75) is 0 Å². The van der Waals surface area contributed by atoms with Crippen molar-refractivity contribution in [3.05, 3.63) is 78.4 Å². The van der Waals surface area contributed by atoms with Crippen molar-refractivity contribution in [3.63, 3.8) is 0 Å². The van der Waals surface area contributed by atoms with Crippen LogP contribution in [0.5, 0.6) is 0 Å². The number of nitrogens with zero attached hydrogens (tertiary/aromatic N) is 4. The Morgan fingerprint density at radius 1 is 1.00 bits per heavy atom. The molecular weight excluding hydrogens is 368 g/mol. The second kappa shape index (κ2) is 8.18. The van der Waals surface area contributed by atoms with Gasteiger partial charge in [0, 0.05) is 50.7 Å². The molecule has 0 bridgehead atoms. The first-order chi connectivity index (χ1) is 14.1. The summed E-state index contributed by atoms with van der Waals surface area (Å²) in [6.07, 6.45) is 3.16. The average molecular weight is 390 g/mol. The van der Waals surface area contributed by atoms with E-state index >= 15 is 0 Å². The number of piperazine rings is 1. The van der Waals surface area contributed by atoms with E-state index in [2.05, 4.69) is 9.88 Å². The minimum Gasteiger partial charge on any atom is -0.459 e. The maximum atomic E-state index is 12.9. The van der Waals surface area contributed by atoms with Crippen molar-refractivity contribution in [2.24, 2.45) is 0 Å². The van der Waals surface area contributed by atoms with Crippen molar-refractivity contribution in [3.8, 4) is 0 Å². The second-order valence-corrected chi connectivity index (χ2v) is 6.86. The number of amides is 2. The van der Waals surface area contributed by atoms with Crippen molar-refractivity contribution in [2.75, 3.05) is 43.0 Å². The van der Waals surface area contributed by atoms with Crippen LogP contribution in [-0.2, 0) is 0 Å². The summed E-state index contributed by atoms with van der Waals surface area (Å²) in [6.45, 7) is 2.43. The molecule has 4 rings (SSSR count). The monoisotopic (exact) mass is 390 g/mol. The molecule has 29 heavy (non-hydrogen) atoms. The standard InChI is InChI=1S/C22H22N4O3/c1-24(18-6-3-2-4-7-18)21(27)17-9-10-23-20(16-17)25-11-13-26(14-12-25)22(28)19-8-5-15-29-19/h2-10,15-16H,11-14H2,1H3. The Morgan fingerprint density at radius 2 is 1.76 bits per heavy atom. The van der Waals surface area contributed by atoms with Gasteiger partial charge in [0.05, 0.1) is 6.26 Å². The Labute approximate surface area is 169 Å². The predicted molar refractivity (Wildman–Crippen MR) is 110 cm³/mol. The maximum Gasteiger partial charge on any atom is 0.289 e. The first kappa shape index (κ1) is 18.7. The third kappa shape index (κ3) is 3.99. The van der Waals surface area contributed by atoms with Gasteiger partial charge in [-0.2, -0.15) is 0 Å². The van der Waals surface area contributed by atoms with Gasteiger partial charge in [0.2, 0.25) is 0 Å². The number of pyridine rings is 1. The summed E-state index contributed by atoms with van der Waals surface area (Å²) < 4.78 is 5.20. The number of carbonyl (C=O) groups excluding carboxylic acids is 2. The second-order valence-electron chi connectivity index (χ2n) is 6.86. The van der Waals surface area contributed by atoms with Gasteiger partial charge in [0.1, 0.15) is 5.82 Å². The fourth-order valence-corrected chi connectivity index (χ4v) is 3.38. The van der Waals surface area contributed by atoms with E-state index in [4.69, 9.17) is 4.42 Å². The van der Waals surface area contributed by atoms with Gasteiger partial charge in [-0.15, -0.1) is 0 Å². The minimum absolute atomic E-state index is 0.0912. The molecule has 2 aromatic heterocycles. The largest absolute Gasteiger partial charge is 0.459 e. The molecule has 148 valence electrons. The van der Waals surface area contributed by atoms with Crippen molar-refractivity contribution in [1.82, 2.24) is 9.88 Å². The Hall–Kier alpha value is -3.61. The van der Waals surface area contributed by atoms with Gasteiger partial charge in [0.15, 0.2) is 5.76 Å². The van der Waals surface area contributed by atoms with Gasteiger partial charge in [-0.25, -0.2) is 4.98 Å². The molecule has 7 nitrogen and oxygen atoms in total. The van der Waals surface area contributed by atoms with Crippen molar-refractivity contribution < 1.29 is 14.0 Å². The molecule has 1 saturated heterocycles. The van der Waals surface area contributed by atoms with E-state index in [1.165, 1.54) is 6.26 Å². The van der Waals surface area contributed by atoms with Crippen LogP contribution in [0.3, 0.4) is 0 Å². The fraction of sp³-hybridized carbons (Fsp3) is 0.227. The summed E-state index contributed by atoms with van der Waals surface area (Å²) in [5.41, 5.74) is 1.41. The molecule has 1 aliphatic rings. The molecule has 0 N–H and O–H groups in total. The van der Waals surface area contributed by atoms with Gasteiger partial charge in [-0.3, -0.25) is 9.59 Å².